The zero-order chi connectivity index (χ0) is 27.5. The van der Waals surface area contributed by atoms with Crippen molar-refractivity contribution in [3.8, 4) is 22.3 Å². The summed E-state index contributed by atoms with van der Waals surface area (Å²) < 4.78 is 0. The number of azo groups is 1. The molecule has 0 atom stereocenters. The lowest BCUT2D eigenvalue weighted by Gasteiger charge is -2.12. The van der Waals surface area contributed by atoms with Crippen molar-refractivity contribution in [2.75, 3.05) is 32.1 Å². The number of nitrogens with zero attached hydrogens (tertiary/aromatic N) is 3. The van der Waals surface area contributed by atoms with Gasteiger partial charge >= 0.3 is 0 Å². The molecule has 4 aromatic carbocycles. The molecule has 0 saturated heterocycles. The number of unbranched alkanes of at least 4 members (excludes halogenated alkanes) is 3. The van der Waals surface area contributed by atoms with Gasteiger partial charge in [-0.05, 0) is 83.6 Å². The van der Waals surface area contributed by atoms with Crippen LogP contribution in [0.2, 0.25) is 0 Å². The van der Waals surface area contributed by atoms with Gasteiger partial charge in [0.2, 0.25) is 0 Å². The van der Waals surface area contributed by atoms with Crippen LogP contribution in [0.15, 0.2) is 107 Å². The minimum absolute atomic E-state index is 0.0604. The summed E-state index contributed by atoms with van der Waals surface area (Å²) in [6.45, 7) is 0.880. The van der Waals surface area contributed by atoms with Crippen molar-refractivity contribution in [2.45, 2.75) is 25.7 Å². The smallest absolute Gasteiger partial charge is 0.251 e. The highest BCUT2D eigenvalue weighted by Crippen LogP contribution is 2.27. The maximum Gasteiger partial charge on any atom is 0.251 e. The molecular formula is C33H36N4O2. The van der Waals surface area contributed by atoms with Crippen molar-refractivity contribution in [3.63, 3.8) is 0 Å². The number of aliphatic hydroxyl groups excluding tert-OH is 1. The largest absolute Gasteiger partial charge is 0.396 e. The van der Waals surface area contributed by atoms with Gasteiger partial charge in [0.25, 0.3) is 5.91 Å². The lowest BCUT2D eigenvalue weighted by Crippen LogP contribution is -2.24. The van der Waals surface area contributed by atoms with E-state index >= 15 is 0 Å². The third-order valence-corrected chi connectivity index (χ3v) is 6.58. The van der Waals surface area contributed by atoms with E-state index in [2.05, 4.69) is 56.8 Å². The number of anilines is 1. The second-order valence-electron chi connectivity index (χ2n) is 9.71. The monoisotopic (exact) mass is 520 g/mol. The van der Waals surface area contributed by atoms with Gasteiger partial charge in [-0.25, -0.2) is 0 Å². The second-order valence-corrected chi connectivity index (χ2v) is 9.71. The molecule has 0 fully saturated rings. The Morgan fingerprint density at radius 2 is 1.08 bits per heavy atom. The van der Waals surface area contributed by atoms with Crippen molar-refractivity contribution in [2.24, 2.45) is 10.2 Å². The van der Waals surface area contributed by atoms with Gasteiger partial charge in [0.05, 0.1) is 11.4 Å². The minimum Gasteiger partial charge on any atom is -0.396 e. The fourth-order valence-corrected chi connectivity index (χ4v) is 4.22. The third kappa shape index (κ3) is 8.09. The average molecular weight is 521 g/mol. The third-order valence-electron chi connectivity index (χ3n) is 6.58. The molecule has 0 heterocycles. The number of amides is 1. The average Bonchev–Trinajstić information content (AvgIpc) is 2.98. The molecule has 0 spiro atoms. The molecule has 0 aliphatic carbocycles. The summed E-state index contributed by atoms with van der Waals surface area (Å²) in [4.78, 5) is 14.5. The molecule has 0 radical (unpaired) electrons. The van der Waals surface area contributed by atoms with Crippen molar-refractivity contribution < 1.29 is 9.90 Å². The number of carbonyl (C=O) groups excluding carboxylic acids is 1. The predicted octanol–water partition coefficient (Wildman–Crippen LogP) is 7.78. The lowest BCUT2D eigenvalue weighted by molar-refractivity contribution is 0.0953. The van der Waals surface area contributed by atoms with Crippen LogP contribution in [0.25, 0.3) is 22.3 Å². The molecule has 0 unspecified atom stereocenters. The van der Waals surface area contributed by atoms with Crippen LogP contribution in [0.5, 0.6) is 0 Å². The Hall–Kier alpha value is -4.29. The molecule has 4 aromatic rings. The molecule has 0 bridgehead atoms. The normalized spacial score (nSPS) is 11.1. The molecule has 6 nitrogen and oxygen atoms in total. The van der Waals surface area contributed by atoms with Crippen LogP contribution >= 0.6 is 0 Å². The van der Waals surface area contributed by atoms with Crippen LogP contribution in [-0.4, -0.2) is 38.3 Å². The number of nitrogens with one attached hydrogen (secondary N) is 1. The fraction of sp³-hybridized carbons (Fsp3) is 0.242. The Morgan fingerprint density at radius 1 is 0.641 bits per heavy atom. The van der Waals surface area contributed by atoms with Crippen LogP contribution in [0, 0.1) is 0 Å². The summed E-state index contributed by atoms with van der Waals surface area (Å²) in [7, 11) is 4.07. The summed E-state index contributed by atoms with van der Waals surface area (Å²) in [5.74, 6) is -0.0604. The van der Waals surface area contributed by atoms with Crippen LogP contribution in [0.3, 0.4) is 0 Å². The zero-order valence-corrected chi connectivity index (χ0v) is 22.7. The number of rotatable bonds is 12. The molecule has 1 amide bonds. The van der Waals surface area contributed by atoms with E-state index in [1.165, 1.54) is 11.3 Å². The molecular weight excluding hydrogens is 484 g/mol. The first-order chi connectivity index (χ1) is 19.0. The zero-order valence-electron chi connectivity index (χ0n) is 22.7. The summed E-state index contributed by atoms with van der Waals surface area (Å²) >= 11 is 0. The van der Waals surface area contributed by atoms with E-state index in [1.54, 1.807) is 0 Å². The maximum atomic E-state index is 12.4. The summed E-state index contributed by atoms with van der Waals surface area (Å²) in [6, 6.07) is 32.1. The van der Waals surface area contributed by atoms with E-state index in [-0.39, 0.29) is 12.5 Å². The minimum atomic E-state index is -0.0604. The van der Waals surface area contributed by atoms with Gasteiger partial charge in [-0.15, -0.1) is 0 Å². The molecule has 0 aromatic heterocycles. The molecule has 2 N–H and O–H groups in total. The topological polar surface area (TPSA) is 77.3 Å². The first-order valence-corrected chi connectivity index (χ1v) is 13.4. The van der Waals surface area contributed by atoms with Crippen molar-refractivity contribution in [1.29, 1.82) is 0 Å². The predicted molar refractivity (Wildman–Crippen MR) is 160 cm³/mol. The van der Waals surface area contributed by atoms with Gasteiger partial charge in [0.1, 0.15) is 0 Å². The molecule has 0 aliphatic rings. The number of benzene rings is 4. The van der Waals surface area contributed by atoms with E-state index in [1.807, 2.05) is 74.8 Å². The highest BCUT2D eigenvalue weighted by Gasteiger charge is 2.06. The van der Waals surface area contributed by atoms with Crippen LogP contribution < -0.4 is 10.2 Å². The number of hydrogen-bond donors (Lipinski definition) is 2. The molecule has 4 rings (SSSR count). The van der Waals surface area contributed by atoms with E-state index in [0.29, 0.717) is 12.1 Å². The first-order valence-electron chi connectivity index (χ1n) is 13.4. The van der Waals surface area contributed by atoms with E-state index in [0.717, 1.165) is 53.7 Å². The molecule has 200 valence electrons. The van der Waals surface area contributed by atoms with Gasteiger partial charge in [-0.2, -0.15) is 10.2 Å². The number of aliphatic hydroxyl groups is 1. The molecule has 6 heteroatoms. The lowest BCUT2D eigenvalue weighted by atomic mass is 10.0. The summed E-state index contributed by atoms with van der Waals surface area (Å²) in [6.07, 6.45) is 3.74. The van der Waals surface area contributed by atoms with Gasteiger partial charge in [0.15, 0.2) is 0 Å². The standard InChI is InChI=1S/C33H36N4O2/c1-37(2)32-21-15-28(16-22-32)27-13-19-31(20-14-27)36-35-30-17-11-26(12-18-30)25-7-9-29(10-8-25)33(39)34-23-5-3-4-6-24-38/h7-22,38H,3-6,23-24H2,1-2H3,(H,34,39). The maximum absolute atomic E-state index is 12.4. The summed E-state index contributed by atoms with van der Waals surface area (Å²) in [5, 5.41) is 20.6. The highest BCUT2D eigenvalue weighted by molar-refractivity contribution is 5.94. The SMILES string of the molecule is CN(C)c1ccc(-c2ccc(N=Nc3ccc(-c4ccc(C(=O)NCCCCCCO)cc4)cc3)cc2)cc1. The fourth-order valence-electron chi connectivity index (χ4n) is 4.22. The van der Waals surface area contributed by atoms with Crippen LogP contribution in [0.4, 0.5) is 17.1 Å². The Kier molecular flexibility index (Phi) is 9.98. The Bertz CT molecular complexity index is 1350. The molecule has 39 heavy (non-hydrogen) atoms. The van der Waals surface area contributed by atoms with Crippen molar-refractivity contribution in [3.05, 3.63) is 103 Å². The van der Waals surface area contributed by atoms with Crippen LogP contribution in [0.1, 0.15) is 36.0 Å². The van der Waals surface area contributed by atoms with Crippen molar-refractivity contribution in [1.82, 2.24) is 5.32 Å². The first kappa shape index (κ1) is 27.7. The number of carbonyl (C=O) groups is 1. The Labute approximate surface area is 231 Å². The van der Waals surface area contributed by atoms with Crippen LogP contribution in [-0.2, 0) is 0 Å². The second kappa shape index (κ2) is 14.0. The van der Waals surface area contributed by atoms with Crippen molar-refractivity contribution >= 4 is 23.0 Å². The highest BCUT2D eigenvalue weighted by atomic mass is 16.2. The Balaban J connectivity index is 1.30. The van der Waals surface area contributed by atoms with E-state index < -0.39 is 0 Å². The van der Waals surface area contributed by atoms with Gasteiger partial charge in [-0.1, -0.05) is 61.4 Å². The molecule has 0 saturated carbocycles. The number of hydrogen-bond acceptors (Lipinski definition) is 5. The molecule has 0 aliphatic heterocycles. The van der Waals surface area contributed by atoms with Gasteiger partial charge in [0, 0.05) is 38.5 Å². The van der Waals surface area contributed by atoms with E-state index in [4.69, 9.17) is 5.11 Å². The van der Waals surface area contributed by atoms with E-state index in [9.17, 15) is 4.79 Å². The summed E-state index contributed by atoms with van der Waals surface area (Å²) in [5.41, 5.74) is 7.79. The van der Waals surface area contributed by atoms with Gasteiger partial charge in [-0.3, -0.25) is 4.79 Å². The Morgan fingerprint density at radius 3 is 1.54 bits per heavy atom. The van der Waals surface area contributed by atoms with Gasteiger partial charge < -0.3 is 15.3 Å². The quantitative estimate of drug-likeness (QED) is 0.148.